The first kappa shape index (κ1) is 20.4. The Labute approximate surface area is 140 Å². The van der Waals surface area contributed by atoms with Crippen molar-refractivity contribution in [1.29, 1.82) is 0 Å². The minimum Gasteiger partial charge on any atom is -0.493 e. The highest BCUT2D eigenvalue weighted by Crippen LogP contribution is 2.22. The minimum atomic E-state index is -4.06. The van der Waals surface area contributed by atoms with Crippen LogP contribution in [0.3, 0.4) is 0 Å². The Kier molecular flexibility index (Phi) is 7.60. The molecule has 0 heterocycles. The van der Waals surface area contributed by atoms with Crippen molar-refractivity contribution in [2.45, 2.75) is 12.8 Å². The molecule has 0 aliphatic heterocycles. The molecule has 1 aromatic rings. The molecule has 0 bridgehead atoms. The first-order valence-corrected chi connectivity index (χ1v) is 10.1. The standard InChI is InChI=1S/C13H18O9S2/c14-10-11-7-12(21-3-1-5-23(15,16)17)9-13(8-11)22-4-2-6-24(18,19)20/h7-10H,1-6H2,(H,15,16,17)(H,18,19,20). The van der Waals surface area contributed by atoms with Crippen LogP contribution in [-0.2, 0) is 20.2 Å². The second kappa shape index (κ2) is 8.97. The molecule has 1 aromatic carbocycles. The van der Waals surface area contributed by atoms with Crippen LogP contribution in [0.25, 0.3) is 0 Å². The number of carbonyl (C=O) groups is 1. The average Bonchev–Trinajstić information content (AvgIpc) is 2.46. The van der Waals surface area contributed by atoms with Gasteiger partial charge < -0.3 is 9.47 Å². The Balaban J connectivity index is 2.58. The van der Waals surface area contributed by atoms with Gasteiger partial charge in [-0.2, -0.15) is 16.8 Å². The van der Waals surface area contributed by atoms with E-state index in [0.29, 0.717) is 6.29 Å². The fourth-order valence-electron chi connectivity index (χ4n) is 1.69. The zero-order valence-corrected chi connectivity index (χ0v) is 14.3. The monoisotopic (exact) mass is 382 g/mol. The van der Waals surface area contributed by atoms with Crippen LogP contribution >= 0.6 is 0 Å². The second-order valence-electron chi connectivity index (χ2n) is 4.83. The maximum Gasteiger partial charge on any atom is 0.264 e. The van der Waals surface area contributed by atoms with Crippen molar-refractivity contribution >= 4 is 26.5 Å². The summed E-state index contributed by atoms with van der Waals surface area (Å²) in [7, 11) is -8.11. The molecule has 2 N–H and O–H groups in total. The normalized spacial score (nSPS) is 11.9. The molecule has 9 nitrogen and oxygen atoms in total. The number of ether oxygens (including phenoxy) is 2. The van der Waals surface area contributed by atoms with Gasteiger partial charge in [0.15, 0.2) is 0 Å². The highest BCUT2D eigenvalue weighted by atomic mass is 32.2. The topological polar surface area (TPSA) is 144 Å². The van der Waals surface area contributed by atoms with E-state index in [2.05, 4.69) is 0 Å². The molecular weight excluding hydrogens is 364 g/mol. The number of hydrogen-bond acceptors (Lipinski definition) is 7. The Morgan fingerprint density at radius 2 is 1.25 bits per heavy atom. The SMILES string of the molecule is O=Cc1cc(OCCCS(=O)(=O)O)cc(OCCCS(=O)(=O)O)c1. The predicted octanol–water partition coefficient (Wildman–Crippen LogP) is 0.813. The summed E-state index contributed by atoms with van der Waals surface area (Å²) in [4.78, 5) is 10.9. The van der Waals surface area contributed by atoms with E-state index < -0.39 is 31.7 Å². The van der Waals surface area contributed by atoms with Gasteiger partial charge in [0.25, 0.3) is 20.2 Å². The third-order valence-corrected chi connectivity index (χ3v) is 4.28. The van der Waals surface area contributed by atoms with Gasteiger partial charge in [-0.3, -0.25) is 13.9 Å². The van der Waals surface area contributed by atoms with E-state index in [4.69, 9.17) is 18.6 Å². The van der Waals surface area contributed by atoms with Crippen molar-refractivity contribution < 1.29 is 40.2 Å². The largest absolute Gasteiger partial charge is 0.493 e. The quantitative estimate of drug-likeness (QED) is 0.323. The third kappa shape index (κ3) is 9.45. The van der Waals surface area contributed by atoms with Crippen molar-refractivity contribution in [3.8, 4) is 11.5 Å². The first-order chi connectivity index (χ1) is 11.1. The van der Waals surface area contributed by atoms with E-state index in [1.54, 1.807) is 0 Å². The summed E-state index contributed by atoms with van der Waals surface area (Å²) in [5.41, 5.74) is 0.257. The highest BCUT2D eigenvalue weighted by molar-refractivity contribution is 7.86. The summed E-state index contributed by atoms with van der Waals surface area (Å²) in [6.07, 6.45) is 0.694. The van der Waals surface area contributed by atoms with Crippen molar-refractivity contribution in [2.24, 2.45) is 0 Å². The number of aldehydes is 1. The molecule has 0 saturated heterocycles. The van der Waals surface area contributed by atoms with Crippen LogP contribution in [-0.4, -0.2) is 56.9 Å². The molecule has 0 atom stereocenters. The number of benzene rings is 1. The fraction of sp³-hybridized carbons (Fsp3) is 0.462. The second-order valence-corrected chi connectivity index (χ2v) is 7.98. The van der Waals surface area contributed by atoms with Gasteiger partial charge >= 0.3 is 0 Å². The number of rotatable bonds is 11. The lowest BCUT2D eigenvalue weighted by molar-refractivity contribution is 0.112. The molecule has 0 fully saturated rings. The molecule has 0 aliphatic carbocycles. The van der Waals surface area contributed by atoms with Gasteiger partial charge in [-0.1, -0.05) is 0 Å². The van der Waals surface area contributed by atoms with Gasteiger partial charge in [-0.15, -0.1) is 0 Å². The maximum absolute atomic E-state index is 10.9. The molecule has 0 amide bonds. The van der Waals surface area contributed by atoms with Crippen molar-refractivity contribution in [3.05, 3.63) is 23.8 Å². The van der Waals surface area contributed by atoms with Gasteiger partial charge in [0.1, 0.15) is 17.8 Å². The molecule has 0 saturated carbocycles. The molecule has 11 heteroatoms. The summed E-state index contributed by atoms with van der Waals surface area (Å²) < 4.78 is 70.2. The Hall–Kier alpha value is -1.69. The van der Waals surface area contributed by atoms with Gasteiger partial charge in [-0.25, -0.2) is 0 Å². The van der Waals surface area contributed by atoms with Gasteiger partial charge in [-0.05, 0) is 25.0 Å². The summed E-state index contributed by atoms with van der Waals surface area (Å²) in [6, 6.07) is 4.30. The highest BCUT2D eigenvalue weighted by Gasteiger charge is 2.07. The Bertz CT molecular complexity index is 695. The summed E-state index contributed by atoms with van der Waals surface area (Å²) in [5.74, 6) is -0.363. The predicted molar refractivity (Wildman–Crippen MR) is 84.9 cm³/mol. The minimum absolute atomic E-state index is 0.00426. The van der Waals surface area contributed by atoms with Gasteiger partial charge in [0, 0.05) is 11.6 Å². The van der Waals surface area contributed by atoms with E-state index in [9.17, 15) is 21.6 Å². The molecule has 0 spiro atoms. The van der Waals surface area contributed by atoms with Crippen LogP contribution in [0, 0.1) is 0 Å². The molecule has 0 aromatic heterocycles. The van der Waals surface area contributed by atoms with E-state index >= 15 is 0 Å². The average molecular weight is 382 g/mol. The molecular formula is C13H18O9S2. The van der Waals surface area contributed by atoms with Crippen molar-refractivity contribution in [3.63, 3.8) is 0 Å². The van der Waals surface area contributed by atoms with Gasteiger partial charge in [0.2, 0.25) is 0 Å². The molecule has 0 aliphatic rings. The first-order valence-electron chi connectivity index (χ1n) is 6.85. The van der Waals surface area contributed by atoms with Crippen LogP contribution in [0.15, 0.2) is 18.2 Å². The van der Waals surface area contributed by atoms with Crippen LogP contribution in [0.4, 0.5) is 0 Å². The summed E-state index contributed by atoms with van der Waals surface area (Å²) >= 11 is 0. The lowest BCUT2D eigenvalue weighted by Crippen LogP contribution is -2.09. The van der Waals surface area contributed by atoms with E-state index in [-0.39, 0.29) is 43.1 Å². The molecule has 136 valence electrons. The van der Waals surface area contributed by atoms with E-state index in [0.717, 1.165) is 0 Å². The number of carbonyl (C=O) groups excluding carboxylic acids is 1. The lowest BCUT2D eigenvalue weighted by atomic mass is 10.2. The molecule has 0 radical (unpaired) electrons. The Morgan fingerprint density at radius 1 is 0.833 bits per heavy atom. The Morgan fingerprint density at radius 3 is 1.58 bits per heavy atom. The maximum atomic E-state index is 10.9. The zero-order valence-electron chi connectivity index (χ0n) is 12.6. The smallest absolute Gasteiger partial charge is 0.264 e. The number of hydrogen-bond donors (Lipinski definition) is 2. The summed E-state index contributed by atoms with van der Waals surface area (Å²) in [6.45, 7) is 0.00852. The zero-order chi connectivity index (χ0) is 18.2. The lowest BCUT2D eigenvalue weighted by Gasteiger charge is -2.10. The summed E-state index contributed by atoms with van der Waals surface area (Å²) in [5, 5.41) is 0. The third-order valence-electron chi connectivity index (χ3n) is 2.67. The van der Waals surface area contributed by atoms with Crippen molar-refractivity contribution in [1.82, 2.24) is 0 Å². The molecule has 0 unspecified atom stereocenters. The van der Waals surface area contributed by atoms with E-state index in [1.807, 2.05) is 0 Å². The molecule has 1 rings (SSSR count). The van der Waals surface area contributed by atoms with E-state index in [1.165, 1.54) is 18.2 Å². The molecule has 24 heavy (non-hydrogen) atoms. The van der Waals surface area contributed by atoms with Crippen LogP contribution in [0.2, 0.25) is 0 Å². The van der Waals surface area contributed by atoms with Crippen LogP contribution in [0.5, 0.6) is 11.5 Å². The van der Waals surface area contributed by atoms with Gasteiger partial charge in [0.05, 0.1) is 24.7 Å². The van der Waals surface area contributed by atoms with Crippen LogP contribution in [0.1, 0.15) is 23.2 Å². The fourth-order valence-corrected chi connectivity index (χ4v) is 2.66. The van der Waals surface area contributed by atoms with Crippen molar-refractivity contribution in [2.75, 3.05) is 24.7 Å². The van der Waals surface area contributed by atoms with Crippen LogP contribution < -0.4 is 9.47 Å².